The third-order valence-electron chi connectivity index (χ3n) is 2.96. The fourth-order valence-corrected chi connectivity index (χ4v) is 1.98. The van der Waals surface area contributed by atoms with Gasteiger partial charge in [0.1, 0.15) is 11.6 Å². The molecule has 0 fully saturated rings. The fourth-order valence-electron chi connectivity index (χ4n) is 1.98. The lowest BCUT2D eigenvalue weighted by molar-refractivity contribution is 0.112. The van der Waals surface area contributed by atoms with Crippen molar-refractivity contribution < 1.29 is 9.90 Å². The first-order chi connectivity index (χ1) is 8.60. The molecule has 0 saturated heterocycles. The van der Waals surface area contributed by atoms with Crippen LogP contribution in [-0.2, 0) is 7.05 Å². The van der Waals surface area contributed by atoms with Crippen LogP contribution in [0.15, 0.2) is 24.3 Å². The van der Waals surface area contributed by atoms with Gasteiger partial charge >= 0.3 is 0 Å². The van der Waals surface area contributed by atoms with Crippen LogP contribution in [0.3, 0.4) is 0 Å². The number of hydrogen-bond donors (Lipinski definition) is 1. The van der Waals surface area contributed by atoms with Gasteiger partial charge in [-0.05, 0) is 12.5 Å². The summed E-state index contributed by atoms with van der Waals surface area (Å²) in [5, 5.41) is 18.8. The molecule has 1 aromatic carbocycles. The van der Waals surface area contributed by atoms with Crippen LogP contribution >= 0.6 is 0 Å². The second-order valence-electron chi connectivity index (χ2n) is 4.12. The van der Waals surface area contributed by atoms with Crippen molar-refractivity contribution in [3.05, 3.63) is 41.0 Å². The number of rotatable bonds is 2. The van der Waals surface area contributed by atoms with Gasteiger partial charge in [0.25, 0.3) is 0 Å². The first kappa shape index (κ1) is 11.9. The Morgan fingerprint density at radius 3 is 2.44 bits per heavy atom. The summed E-state index contributed by atoms with van der Waals surface area (Å²) in [6.07, 6.45) is 0.605. The molecule has 2 aromatic rings. The van der Waals surface area contributed by atoms with Crippen LogP contribution in [0.1, 0.15) is 21.5 Å². The van der Waals surface area contributed by atoms with E-state index in [0.717, 1.165) is 11.1 Å². The van der Waals surface area contributed by atoms with Crippen molar-refractivity contribution in [2.75, 3.05) is 0 Å². The predicted molar refractivity (Wildman–Crippen MR) is 67.4 cm³/mol. The Bertz CT molecular complexity index is 646. The van der Waals surface area contributed by atoms with E-state index in [9.17, 15) is 9.90 Å². The molecule has 0 amide bonds. The quantitative estimate of drug-likeness (QED) is 0.819. The highest BCUT2D eigenvalue weighted by Crippen LogP contribution is 2.33. The summed E-state index contributed by atoms with van der Waals surface area (Å²) in [4.78, 5) is 11.1. The van der Waals surface area contributed by atoms with Crippen molar-refractivity contribution in [1.82, 2.24) is 4.57 Å². The maximum absolute atomic E-state index is 11.1. The van der Waals surface area contributed by atoms with Gasteiger partial charge in [0.15, 0.2) is 6.29 Å². The minimum absolute atomic E-state index is 0.0167. The van der Waals surface area contributed by atoms with Crippen LogP contribution in [0.4, 0.5) is 0 Å². The van der Waals surface area contributed by atoms with Crippen molar-refractivity contribution in [2.45, 2.75) is 6.92 Å². The summed E-state index contributed by atoms with van der Waals surface area (Å²) in [7, 11) is 1.62. The van der Waals surface area contributed by atoms with Gasteiger partial charge in [0.05, 0.1) is 11.3 Å². The molecule has 0 unspecified atom stereocenters. The number of aromatic hydroxyl groups is 1. The molecule has 0 radical (unpaired) electrons. The lowest BCUT2D eigenvalue weighted by Crippen LogP contribution is -1.93. The first-order valence-corrected chi connectivity index (χ1v) is 5.44. The van der Waals surface area contributed by atoms with Crippen molar-refractivity contribution in [3.63, 3.8) is 0 Å². The van der Waals surface area contributed by atoms with Gasteiger partial charge in [-0.25, -0.2) is 0 Å². The summed E-state index contributed by atoms with van der Waals surface area (Å²) in [6.45, 7) is 1.97. The smallest absolute Gasteiger partial charge is 0.210 e. The Morgan fingerprint density at radius 2 is 1.94 bits per heavy atom. The summed E-state index contributed by atoms with van der Waals surface area (Å²) in [6, 6.07) is 9.41. The maximum Gasteiger partial charge on any atom is 0.210 e. The molecule has 0 aliphatic heterocycles. The Morgan fingerprint density at radius 1 is 1.33 bits per heavy atom. The zero-order chi connectivity index (χ0) is 13.3. The highest BCUT2D eigenvalue weighted by molar-refractivity contribution is 5.91. The highest BCUT2D eigenvalue weighted by Gasteiger charge is 2.21. The molecule has 90 valence electrons. The molecule has 1 heterocycles. The Kier molecular flexibility index (Phi) is 2.90. The van der Waals surface area contributed by atoms with Crippen molar-refractivity contribution in [3.8, 4) is 23.2 Å². The second kappa shape index (κ2) is 4.38. The van der Waals surface area contributed by atoms with E-state index in [0.29, 0.717) is 12.0 Å². The lowest BCUT2D eigenvalue weighted by atomic mass is 10.0. The summed E-state index contributed by atoms with van der Waals surface area (Å²) >= 11 is 0. The first-order valence-electron chi connectivity index (χ1n) is 5.44. The fraction of sp³-hybridized carbons (Fsp3) is 0.143. The number of nitriles is 1. The van der Waals surface area contributed by atoms with Gasteiger partial charge in [-0.3, -0.25) is 4.79 Å². The van der Waals surface area contributed by atoms with E-state index >= 15 is 0 Å². The minimum Gasteiger partial charge on any atom is -0.493 e. The number of carbonyl (C=O) groups excluding carboxylic acids is 1. The normalized spacial score (nSPS) is 10.1. The number of aryl methyl sites for hydroxylation is 1. The molecule has 0 aliphatic carbocycles. The molecule has 0 bridgehead atoms. The molecule has 2 rings (SSSR count). The zero-order valence-corrected chi connectivity index (χ0v) is 10.1. The minimum atomic E-state index is -0.185. The van der Waals surface area contributed by atoms with Gasteiger partial charge in [-0.2, -0.15) is 5.26 Å². The number of aromatic nitrogens is 1. The largest absolute Gasteiger partial charge is 0.493 e. The third-order valence-corrected chi connectivity index (χ3v) is 2.96. The van der Waals surface area contributed by atoms with Gasteiger partial charge in [0, 0.05) is 7.05 Å². The van der Waals surface area contributed by atoms with E-state index in [1.165, 1.54) is 4.57 Å². The monoisotopic (exact) mass is 240 g/mol. The van der Waals surface area contributed by atoms with E-state index in [2.05, 4.69) is 0 Å². The number of hydrogen-bond acceptors (Lipinski definition) is 3. The number of benzene rings is 1. The van der Waals surface area contributed by atoms with E-state index in [-0.39, 0.29) is 17.0 Å². The van der Waals surface area contributed by atoms with Crippen LogP contribution in [0.25, 0.3) is 11.3 Å². The third kappa shape index (κ3) is 1.66. The molecule has 1 aromatic heterocycles. The van der Waals surface area contributed by atoms with Crippen LogP contribution < -0.4 is 0 Å². The number of aldehydes is 1. The molecule has 0 aliphatic rings. The molecule has 4 nitrogen and oxygen atoms in total. The molecule has 4 heteroatoms. The standard InChI is InChI=1S/C14H12N2O2/c1-9-3-5-10(6-4-9)13-12(8-17)11(7-15)14(18)16(13)2/h3-6,8,18H,1-2H3. The van der Waals surface area contributed by atoms with E-state index < -0.39 is 0 Å². The Labute approximate surface area is 105 Å². The summed E-state index contributed by atoms with van der Waals surface area (Å²) in [5.41, 5.74) is 2.69. The zero-order valence-electron chi connectivity index (χ0n) is 10.1. The molecule has 1 N–H and O–H groups in total. The Hall–Kier alpha value is -2.54. The summed E-state index contributed by atoms with van der Waals surface area (Å²) in [5.74, 6) is -0.185. The van der Waals surface area contributed by atoms with E-state index in [1.54, 1.807) is 7.05 Å². The summed E-state index contributed by atoms with van der Waals surface area (Å²) < 4.78 is 1.45. The van der Waals surface area contributed by atoms with Crippen LogP contribution in [-0.4, -0.2) is 16.0 Å². The van der Waals surface area contributed by atoms with E-state index in [1.807, 2.05) is 37.3 Å². The van der Waals surface area contributed by atoms with Crippen molar-refractivity contribution in [1.29, 1.82) is 5.26 Å². The SMILES string of the molecule is Cc1ccc(-c2c(C=O)c(C#N)c(O)n2C)cc1. The highest BCUT2D eigenvalue weighted by atomic mass is 16.3. The maximum atomic E-state index is 11.1. The number of carbonyl (C=O) groups is 1. The van der Waals surface area contributed by atoms with Crippen LogP contribution in [0, 0.1) is 18.3 Å². The van der Waals surface area contributed by atoms with Gasteiger partial charge in [-0.15, -0.1) is 0 Å². The molecule has 0 spiro atoms. The van der Waals surface area contributed by atoms with Gasteiger partial charge in [0.2, 0.25) is 5.88 Å². The van der Waals surface area contributed by atoms with Crippen molar-refractivity contribution in [2.24, 2.45) is 7.05 Å². The topological polar surface area (TPSA) is 66.0 Å². The van der Waals surface area contributed by atoms with Gasteiger partial charge in [-0.1, -0.05) is 29.8 Å². The lowest BCUT2D eigenvalue weighted by Gasteiger charge is -2.05. The molecule has 0 atom stereocenters. The van der Waals surface area contributed by atoms with Crippen molar-refractivity contribution >= 4 is 6.29 Å². The average molecular weight is 240 g/mol. The van der Waals surface area contributed by atoms with Crippen LogP contribution in [0.2, 0.25) is 0 Å². The average Bonchev–Trinajstić information content (AvgIpc) is 2.62. The molecule has 0 saturated carbocycles. The van der Waals surface area contributed by atoms with Crippen LogP contribution in [0.5, 0.6) is 5.88 Å². The molecule has 18 heavy (non-hydrogen) atoms. The number of nitrogens with zero attached hydrogens (tertiary/aromatic N) is 2. The predicted octanol–water partition coefficient (Wildman–Crippen LogP) is 2.39. The molecular weight excluding hydrogens is 228 g/mol. The Balaban J connectivity index is 2.75. The molecular formula is C14H12N2O2. The van der Waals surface area contributed by atoms with E-state index in [4.69, 9.17) is 5.26 Å². The second-order valence-corrected chi connectivity index (χ2v) is 4.12. The van der Waals surface area contributed by atoms with Gasteiger partial charge < -0.3 is 9.67 Å².